The summed E-state index contributed by atoms with van der Waals surface area (Å²) in [5, 5.41) is 2.18. The van der Waals surface area contributed by atoms with Crippen LogP contribution in [-0.4, -0.2) is 47.4 Å². The molecule has 0 spiro atoms. The Labute approximate surface area is 137 Å². The zero-order valence-corrected chi connectivity index (χ0v) is 14.3. The highest BCUT2D eigenvalue weighted by molar-refractivity contribution is 7.36. The van der Waals surface area contributed by atoms with Crippen LogP contribution in [0.5, 0.6) is 0 Å². The topological polar surface area (TPSA) is 83.6 Å². The van der Waals surface area contributed by atoms with Crippen molar-refractivity contribution in [3.05, 3.63) is 23.3 Å². The molecule has 1 saturated heterocycles. The highest BCUT2D eigenvalue weighted by atomic mass is 31.1. The molecule has 0 aromatic heterocycles. The summed E-state index contributed by atoms with van der Waals surface area (Å²) < 4.78 is 0. The standard InChI is InChI=1S/C16H21N2O4P/c1-10-11(6-4-3-5-9-23-2)16(22)18(15(10)21)12-7-8-13(19)17-14(12)20/h4,6,12,23H,3,5,7-9H2,1-2H3,(H,17,19,20)/b6-4-. The van der Waals surface area contributed by atoms with Gasteiger partial charge in [0.15, 0.2) is 0 Å². The molecule has 0 bridgehead atoms. The number of imide groups is 2. The number of piperidine rings is 1. The fraction of sp³-hybridized carbons (Fsp3) is 0.500. The number of nitrogens with one attached hydrogen (secondary N) is 1. The van der Waals surface area contributed by atoms with Gasteiger partial charge in [0, 0.05) is 17.6 Å². The van der Waals surface area contributed by atoms with Gasteiger partial charge in [0.05, 0.1) is 0 Å². The van der Waals surface area contributed by atoms with E-state index in [2.05, 4.69) is 12.0 Å². The second kappa shape index (κ2) is 7.64. The first kappa shape index (κ1) is 17.5. The van der Waals surface area contributed by atoms with Crippen LogP contribution in [0.3, 0.4) is 0 Å². The van der Waals surface area contributed by atoms with E-state index in [9.17, 15) is 19.2 Å². The van der Waals surface area contributed by atoms with Gasteiger partial charge < -0.3 is 0 Å². The number of carbonyl (C=O) groups excluding carboxylic acids is 4. The third-order valence-electron chi connectivity index (χ3n) is 4.00. The molecule has 2 unspecified atom stereocenters. The Kier molecular flexibility index (Phi) is 5.83. The molecule has 7 heteroatoms. The zero-order chi connectivity index (χ0) is 17.0. The summed E-state index contributed by atoms with van der Waals surface area (Å²) in [5.74, 6) is -1.84. The minimum atomic E-state index is -0.894. The van der Waals surface area contributed by atoms with Gasteiger partial charge in [0.2, 0.25) is 11.8 Å². The van der Waals surface area contributed by atoms with E-state index in [1.54, 1.807) is 13.0 Å². The maximum Gasteiger partial charge on any atom is 0.261 e. The molecular formula is C16H21N2O4P. The molecule has 6 nitrogen and oxygen atoms in total. The number of rotatable bonds is 6. The van der Waals surface area contributed by atoms with Gasteiger partial charge in [-0.3, -0.25) is 29.4 Å². The fourth-order valence-corrected chi connectivity index (χ4v) is 3.24. The maximum atomic E-state index is 12.5. The van der Waals surface area contributed by atoms with E-state index in [4.69, 9.17) is 0 Å². The number of hydrogen-bond donors (Lipinski definition) is 1. The summed E-state index contributed by atoms with van der Waals surface area (Å²) in [5.41, 5.74) is 0.701. The van der Waals surface area contributed by atoms with Crippen LogP contribution in [0.2, 0.25) is 0 Å². The molecule has 23 heavy (non-hydrogen) atoms. The molecule has 0 saturated carbocycles. The van der Waals surface area contributed by atoms with Crippen LogP contribution in [0, 0.1) is 0 Å². The molecule has 124 valence electrons. The minimum absolute atomic E-state index is 0.134. The lowest BCUT2D eigenvalue weighted by molar-refractivity contribution is -0.150. The van der Waals surface area contributed by atoms with Crippen LogP contribution in [0.1, 0.15) is 32.6 Å². The van der Waals surface area contributed by atoms with Crippen LogP contribution >= 0.6 is 8.58 Å². The van der Waals surface area contributed by atoms with E-state index in [0.29, 0.717) is 11.1 Å². The quantitative estimate of drug-likeness (QED) is 0.448. The lowest BCUT2D eigenvalue weighted by Gasteiger charge is -2.28. The lowest BCUT2D eigenvalue weighted by Crippen LogP contribution is -2.54. The van der Waals surface area contributed by atoms with Crippen LogP contribution in [0.4, 0.5) is 0 Å². The first-order valence-electron chi connectivity index (χ1n) is 7.71. The third-order valence-corrected chi connectivity index (χ3v) is 4.85. The molecule has 0 aromatic rings. The van der Waals surface area contributed by atoms with Crippen LogP contribution < -0.4 is 5.32 Å². The lowest BCUT2D eigenvalue weighted by atomic mass is 10.0. The normalized spacial score (nSPS) is 23.0. The van der Waals surface area contributed by atoms with Gasteiger partial charge in [0.25, 0.3) is 11.8 Å². The Balaban J connectivity index is 2.09. The highest BCUT2D eigenvalue weighted by Crippen LogP contribution is 2.26. The van der Waals surface area contributed by atoms with Crippen molar-refractivity contribution in [2.75, 3.05) is 12.8 Å². The van der Waals surface area contributed by atoms with Crippen LogP contribution in [0.25, 0.3) is 0 Å². The summed E-state index contributed by atoms with van der Waals surface area (Å²) in [6.45, 7) is 3.74. The van der Waals surface area contributed by atoms with Gasteiger partial charge in [0.1, 0.15) is 6.04 Å². The SMILES string of the molecule is CPCCC/C=C\C1=C(C)C(=O)N(C2CCC(=O)NC2=O)C1=O. The predicted octanol–water partition coefficient (Wildman–Crippen LogP) is 1.12. The van der Waals surface area contributed by atoms with Crippen molar-refractivity contribution >= 4 is 32.2 Å². The van der Waals surface area contributed by atoms with Gasteiger partial charge in [-0.25, -0.2) is 0 Å². The Morgan fingerprint density at radius 2 is 2.00 bits per heavy atom. The molecule has 2 heterocycles. The minimum Gasteiger partial charge on any atom is -0.295 e. The number of hydrogen-bond acceptors (Lipinski definition) is 4. The molecule has 2 aliphatic rings. The van der Waals surface area contributed by atoms with Crippen LogP contribution in [0.15, 0.2) is 23.3 Å². The number of nitrogens with zero attached hydrogens (tertiary/aromatic N) is 1. The van der Waals surface area contributed by atoms with Crippen molar-refractivity contribution < 1.29 is 19.2 Å². The van der Waals surface area contributed by atoms with Gasteiger partial charge >= 0.3 is 0 Å². The van der Waals surface area contributed by atoms with Crippen molar-refractivity contribution in [2.45, 2.75) is 38.6 Å². The summed E-state index contributed by atoms with van der Waals surface area (Å²) in [7, 11) is 0.909. The molecule has 2 aliphatic heterocycles. The van der Waals surface area contributed by atoms with Crippen molar-refractivity contribution in [2.24, 2.45) is 0 Å². The van der Waals surface area contributed by atoms with Gasteiger partial charge in [-0.15, -0.1) is 8.58 Å². The van der Waals surface area contributed by atoms with E-state index in [1.807, 2.05) is 6.08 Å². The average Bonchev–Trinajstić information content (AvgIpc) is 2.71. The fourth-order valence-electron chi connectivity index (χ4n) is 2.68. The summed E-state index contributed by atoms with van der Waals surface area (Å²) in [6.07, 6.45) is 6.96. The molecule has 0 aromatic carbocycles. The van der Waals surface area contributed by atoms with E-state index >= 15 is 0 Å². The van der Waals surface area contributed by atoms with E-state index in [0.717, 1.165) is 32.5 Å². The third kappa shape index (κ3) is 3.75. The molecule has 0 radical (unpaired) electrons. The molecule has 2 rings (SSSR count). The summed E-state index contributed by atoms with van der Waals surface area (Å²) in [6, 6.07) is -0.894. The largest absolute Gasteiger partial charge is 0.295 e. The Hall–Kier alpha value is -1.81. The van der Waals surface area contributed by atoms with Crippen molar-refractivity contribution in [1.82, 2.24) is 10.2 Å². The summed E-state index contributed by atoms with van der Waals surface area (Å²) in [4.78, 5) is 49.0. The van der Waals surface area contributed by atoms with Crippen molar-refractivity contribution in [1.29, 1.82) is 0 Å². The van der Waals surface area contributed by atoms with Gasteiger partial charge in [-0.05, 0) is 39.0 Å². The second-order valence-electron chi connectivity index (χ2n) is 5.63. The van der Waals surface area contributed by atoms with Gasteiger partial charge in [-0.2, -0.15) is 0 Å². The number of allylic oxidation sites excluding steroid dienone is 1. The first-order chi connectivity index (χ1) is 11.0. The smallest absolute Gasteiger partial charge is 0.261 e. The highest BCUT2D eigenvalue weighted by Gasteiger charge is 2.43. The first-order valence-corrected chi connectivity index (χ1v) is 9.41. The second-order valence-corrected chi connectivity index (χ2v) is 6.84. The monoisotopic (exact) mass is 336 g/mol. The molecular weight excluding hydrogens is 315 g/mol. The van der Waals surface area contributed by atoms with Crippen molar-refractivity contribution in [3.63, 3.8) is 0 Å². The number of amides is 4. The predicted molar refractivity (Wildman–Crippen MR) is 88.2 cm³/mol. The zero-order valence-electron chi connectivity index (χ0n) is 13.3. The molecule has 1 N–H and O–H groups in total. The molecule has 4 amide bonds. The number of unbranched alkanes of at least 4 members (excludes halogenated alkanes) is 1. The van der Waals surface area contributed by atoms with E-state index in [-0.39, 0.29) is 18.7 Å². The summed E-state index contributed by atoms with van der Waals surface area (Å²) >= 11 is 0. The Bertz CT molecular complexity index is 609. The molecule has 2 atom stereocenters. The van der Waals surface area contributed by atoms with Gasteiger partial charge in [-0.1, -0.05) is 12.2 Å². The van der Waals surface area contributed by atoms with E-state index in [1.165, 1.54) is 0 Å². The van der Waals surface area contributed by atoms with Crippen molar-refractivity contribution in [3.8, 4) is 0 Å². The molecule has 1 fully saturated rings. The van der Waals surface area contributed by atoms with E-state index < -0.39 is 23.8 Å². The number of carbonyl (C=O) groups is 4. The molecule has 0 aliphatic carbocycles. The Morgan fingerprint density at radius 1 is 1.26 bits per heavy atom. The average molecular weight is 336 g/mol. The Morgan fingerprint density at radius 3 is 2.65 bits per heavy atom. The van der Waals surface area contributed by atoms with Crippen LogP contribution in [-0.2, 0) is 19.2 Å². The maximum absolute atomic E-state index is 12.5.